The van der Waals surface area contributed by atoms with Crippen molar-refractivity contribution in [2.45, 2.75) is 12.5 Å². The molecule has 2 amide bonds. The number of carbonyl (C=O) groups is 2. The Morgan fingerprint density at radius 1 is 1.26 bits per heavy atom. The molecule has 2 aliphatic rings. The average Bonchev–Trinajstić information content (AvgIpc) is 2.81. The Bertz CT molecular complexity index is 602. The maximum atomic E-state index is 11.7. The Morgan fingerprint density at radius 3 is 2.70 bits per heavy atom. The summed E-state index contributed by atoms with van der Waals surface area (Å²) in [4.78, 5) is 24.7. The van der Waals surface area contributed by atoms with Crippen LogP contribution in [0.15, 0.2) is 36.4 Å². The number of anilines is 1. The molecule has 0 bridgehead atoms. The van der Waals surface area contributed by atoms with E-state index in [-0.39, 0.29) is 36.2 Å². The highest BCUT2D eigenvalue weighted by Crippen LogP contribution is 2.25. The van der Waals surface area contributed by atoms with Gasteiger partial charge in [0, 0.05) is 43.0 Å². The van der Waals surface area contributed by atoms with Gasteiger partial charge in [-0.25, -0.2) is 0 Å². The number of nitrogens with zero attached hydrogens (tertiary/aromatic N) is 1. The van der Waals surface area contributed by atoms with E-state index in [1.54, 1.807) is 12.1 Å². The van der Waals surface area contributed by atoms with E-state index in [9.17, 15) is 9.59 Å². The Labute approximate surface area is 140 Å². The minimum absolute atomic E-state index is 0. The van der Waals surface area contributed by atoms with Crippen molar-refractivity contribution in [3.8, 4) is 5.75 Å². The maximum Gasteiger partial charge on any atom is 0.253 e. The summed E-state index contributed by atoms with van der Waals surface area (Å²) in [6.45, 7) is 1.38. The van der Waals surface area contributed by atoms with Crippen LogP contribution in [0.3, 0.4) is 0 Å². The Kier molecular flexibility index (Phi) is 5.63. The van der Waals surface area contributed by atoms with E-state index >= 15 is 0 Å². The first-order valence-electron chi connectivity index (χ1n) is 7.27. The van der Waals surface area contributed by atoms with Crippen molar-refractivity contribution in [1.82, 2.24) is 4.90 Å². The second-order valence-electron chi connectivity index (χ2n) is 5.47. The highest BCUT2D eigenvalue weighted by atomic mass is 35.5. The van der Waals surface area contributed by atoms with Crippen LogP contribution in [0.2, 0.25) is 0 Å². The van der Waals surface area contributed by atoms with Crippen molar-refractivity contribution in [1.29, 1.82) is 0 Å². The Balaban J connectivity index is 0.00000192. The van der Waals surface area contributed by atoms with Crippen LogP contribution < -0.4 is 10.5 Å². The predicted molar refractivity (Wildman–Crippen MR) is 87.3 cm³/mol. The van der Waals surface area contributed by atoms with Gasteiger partial charge < -0.3 is 15.2 Å². The van der Waals surface area contributed by atoms with Crippen molar-refractivity contribution in [3.63, 3.8) is 0 Å². The SMILES string of the molecule is Cl.Nc1cccc(OC2COCCC2CN2C(=O)C=CC2=O)c1. The first-order valence-corrected chi connectivity index (χ1v) is 7.27. The molecule has 2 N–H and O–H groups in total. The lowest BCUT2D eigenvalue weighted by molar-refractivity contribution is -0.139. The number of amides is 2. The zero-order valence-electron chi connectivity index (χ0n) is 12.5. The third-order valence-electron chi connectivity index (χ3n) is 3.90. The lowest BCUT2D eigenvalue weighted by Gasteiger charge is -2.33. The minimum Gasteiger partial charge on any atom is -0.488 e. The molecule has 3 rings (SSSR count). The molecule has 0 spiro atoms. The van der Waals surface area contributed by atoms with Crippen molar-refractivity contribution < 1.29 is 19.1 Å². The summed E-state index contributed by atoms with van der Waals surface area (Å²) < 4.78 is 11.4. The number of imide groups is 1. The molecule has 0 radical (unpaired) electrons. The molecule has 2 unspecified atom stereocenters. The first kappa shape index (κ1) is 17.3. The normalized spacial score (nSPS) is 23.7. The topological polar surface area (TPSA) is 81.9 Å². The summed E-state index contributed by atoms with van der Waals surface area (Å²) in [5.74, 6) is 0.180. The molecule has 6 nitrogen and oxygen atoms in total. The number of ether oxygens (including phenoxy) is 2. The van der Waals surface area contributed by atoms with E-state index < -0.39 is 0 Å². The molecule has 23 heavy (non-hydrogen) atoms. The minimum atomic E-state index is -0.265. The molecule has 2 atom stereocenters. The molecule has 0 aliphatic carbocycles. The Hall–Kier alpha value is -2.05. The molecule has 0 saturated carbocycles. The second-order valence-corrected chi connectivity index (χ2v) is 5.47. The predicted octanol–water partition coefficient (Wildman–Crippen LogP) is 1.40. The largest absolute Gasteiger partial charge is 0.488 e. The van der Waals surface area contributed by atoms with E-state index in [0.29, 0.717) is 31.2 Å². The summed E-state index contributed by atoms with van der Waals surface area (Å²) in [6, 6.07) is 7.19. The van der Waals surface area contributed by atoms with Gasteiger partial charge in [-0.2, -0.15) is 0 Å². The van der Waals surface area contributed by atoms with Crippen LogP contribution in [0, 0.1) is 5.92 Å². The van der Waals surface area contributed by atoms with Crippen LogP contribution in [0.5, 0.6) is 5.75 Å². The summed E-state index contributed by atoms with van der Waals surface area (Å²) in [7, 11) is 0. The van der Waals surface area contributed by atoms with Gasteiger partial charge in [0.1, 0.15) is 11.9 Å². The van der Waals surface area contributed by atoms with Gasteiger partial charge in [0.05, 0.1) is 6.61 Å². The van der Waals surface area contributed by atoms with Gasteiger partial charge in [0.2, 0.25) is 0 Å². The van der Waals surface area contributed by atoms with Crippen molar-refractivity contribution in [2.75, 3.05) is 25.5 Å². The summed E-state index contributed by atoms with van der Waals surface area (Å²) >= 11 is 0. The van der Waals surface area contributed by atoms with Crippen LogP contribution in [0.4, 0.5) is 5.69 Å². The van der Waals surface area contributed by atoms with E-state index in [1.165, 1.54) is 17.1 Å². The highest BCUT2D eigenvalue weighted by molar-refractivity contribution is 6.12. The molecule has 2 heterocycles. The third kappa shape index (κ3) is 4.03. The summed E-state index contributed by atoms with van der Waals surface area (Å²) in [5.41, 5.74) is 6.37. The standard InChI is InChI=1S/C16H18N2O4.ClH/c17-12-2-1-3-13(8-12)22-14-10-21-7-6-11(14)9-18-15(19)4-5-16(18)20;/h1-5,8,11,14H,6-7,9-10,17H2;1H. The van der Waals surface area contributed by atoms with Crippen LogP contribution in [-0.4, -0.2) is 42.6 Å². The van der Waals surface area contributed by atoms with Gasteiger partial charge in [-0.05, 0) is 18.6 Å². The van der Waals surface area contributed by atoms with Crippen molar-refractivity contribution in [3.05, 3.63) is 36.4 Å². The van der Waals surface area contributed by atoms with Crippen LogP contribution in [0.1, 0.15) is 6.42 Å². The van der Waals surface area contributed by atoms with E-state index in [0.717, 1.165) is 6.42 Å². The number of carbonyl (C=O) groups excluding carboxylic acids is 2. The quantitative estimate of drug-likeness (QED) is 0.663. The molecule has 2 aliphatic heterocycles. The third-order valence-corrected chi connectivity index (χ3v) is 3.90. The van der Waals surface area contributed by atoms with Gasteiger partial charge in [-0.3, -0.25) is 14.5 Å². The van der Waals surface area contributed by atoms with Gasteiger partial charge in [0.25, 0.3) is 11.8 Å². The number of nitrogens with two attached hydrogens (primary N) is 1. The number of nitrogen functional groups attached to an aromatic ring is 1. The molecule has 7 heteroatoms. The van der Waals surface area contributed by atoms with Crippen molar-refractivity contribution >= 4 is 29.9 Å². The molecule has 1 saturated heterocycles. The fraction of sp³-hybridized carbons (Fsp3) is 0.375. The van der Waals surface area contributed by atoms with E-state index in [4.69, 9.17) is 15.2 Å². The van der Waals surface area contributed by atoms with Crippen LogP contribution >= 0.6 is 12.4 Å². The zero-order valence-corrected chi connectivity index (χ0v) is 13.3. The number of benzene rings is 1. The van der Waals surface area contributed by atoms with Crippen LogP contribution in [0.25, 0.3) is 0 Å². The zero-order chi connectivity index (χ0) is 15.5. The molecular weight excluding hydrogens is 320 g/mol. The molecule has 1 aromatic carbocycles. The molecule has 1 aromatic rings. The number of hydrogen-bond donors (Lipinski definition) is 1. The van der Waals surface area contributed by atoms with Gasteiger partial charge in [-0.15, -0.1) is 12.4 Å². The van der Waals surface area contributed by atoms with Gasteiger partial charge in [-0.1, -0.05) is 6.07 Å². The Morgan fingerprint density at radius 2 is 2.00 bits per heavy atom. The van der Waals surface area contributed by atoms with Crippen LogP contribution in [-0.2, 0) is 14.3 Å². The number of halogens is 1. The smallest absolute Gasteiger partial charge is 0.253 e. The van der Waals surface area contributed by atoms with Gasteiger partial charge in [0.15, 0.2) is 0 Å². The average molecular weight is 339 g/mol. The fourth-order valence-electron chi connectivity index (χ4n) is 2.70. The lowest BCUT2D eigenvalue weighted by Crippen LogP contribution is -2.45. The maximum absolute atomic E-state index is 11.7. The fourth-order valence-corrected chi connectivity index (χ4v) is 2.70. The monoisotopic (exact) mass is 338 g/mol. The number of rotatable bonds is 4. The summed E-state index contributed by atoms with van der Waals surface area (Å²) in [6.07, 6.45) is 3.13. The van der Waals surface area contributed by atoms with Gasteiger partial charge >= 0.3 is 0 Å². The van der Waals surface area contributed by atoms with E-state index in [2.05, 4.69) is 0 Å². The first-order chi connectivity index (χ1) is 10.6. The number of hydrogen-bond acceptors (Lipinski definition) is 5. The molecule has 1 fully saturated rings. The van der Waals surface area contributed by atoms with E-state index in [1.807, 2.05) is 12.1 Å². The molecule has 0 aromatic heterocycles. The summed E-state index contributed by atoms with van der Waals surface area (Å²) in [5, 5.41) is 0. The second kappa shape index (κ2) is 7.48. The molecular formula is C16H19ClN2O4. The highest BCUT2D eigenvalue weighted by Gasteiger charge is 2.33. The molecule has 124 valence electrons. The lowest BCUT2D eigenvalue weighted by atomic mass is 9.96. The van der Waals surface area contributed by atoms with Crippen molar-refractivity contribution in [2.24, 2.45) is 5.92 Å².